The van der Waals surface area contributed by atoms with Crippen molar-refractivity contribution in [2.75, 3.05) is 11.4 Å². The van der Waals surface area contributed by atoms with Gasteiger partial charge in [0.05, 0.1) is 23.3 Å². The molecule has 0 saturated heterocycles. The van der Waals surface area contributed by atoms with Gasteiger partial charge in [0.15, 0.2) is 0 Å². The minimum atomic E-state index is -4.06. The number of amides is 1. The number of anilines is 1. The van der Waals surface area contributed by atoms with E-state index < -0.39 is 15.9 Å². The van der Waals surface area contributed by atoms with E-state index in [9.17, 15) is 13.2 Å². The second kappa shape index (κ2) is 6.51. The summed E-state index contributed by atoms with van der Waals surface area (Å²) in [5, 5.41) is 0. The fourth-order valence-electron chi connectivity index (χ4n) is 3.14. The zero-order chi connectivity index (χ0) is 19.2. The van der Waals surface area contributed by atoms with Crippen molar-refractivity contribution in [1.29, 1.82) is 0 Å². The molecule has 1 aliphatic heterocycles. The second-order valence-corrected chi connectivity index (χ2v) is 8.54. The molecule has 3 aromatic rings. The predicted molar refractivity (Wildman–Crippen MR) is 107 cm³/mol. The zero-order valence-corrected chi connectivity index (χ0v) is 16.6. The molecule has 5 nitrogen and oxygen atoms in total. The van der Waals surface area contributed by atoms with Crippen LogP contribution in [0.5, 0.6) is 5.75 Å². The average molecular weight is 444 g/mol. The van der Waals surface area contributed by atoms with E-state index in [1.165, 1.54) is 13.2 Å². The fraction of sp³-hybridized carbons (Fsp3) is 0.0500. The van der Waals surface area contributed by atoms with Crippen LogP contribution in [0, 0.1) is 0 Å². The van der Waals surface area contributed by atoms with E-state index in [1.807, 2.05) is 0 Å². The summed E-state index contributed by atoms with van der Waals surface area (Å²) >= 11 is 3.33. The first kappa shape index (κ1) is 17.8. The number of fused-ring (bicyclic) bond motifs is 3. The molecule has 1 amide bonds. The molecule has 1 heterocycles. The molecular weight excluding hydrogens is 430 g/mol. The third-order valence-electron chi connectivity index (χ3n) is 4.41. The van der Waals surface area contributed by atoms with Crippen molar-refractivity contribution in [3.8, 4) is 16.9 Å². The van der Waals surface area contributed by atoms with Crippen LogP contribution in [0.2, 0.25) is 0 Å². The monoisotopic (exact) mass is 443 g/mol. The van der Waals surface area contributed by atoms with Gasteiger partial charge in [0.2, 0.25) is 0 Å². The Bertz CT molecular complexity index is 1170. The lowest BCUT2D eigenvalue weighted by atomic mass is 10.0. The van der Waals surface area contributed by atoms with Crippen LogP contribution in [-0.2, 0) is 10.0 Å². The van der Waals surface area contributed by atoms with Gasteiger partial charge in [-0.3, -0.25) is 4.79 Å². The summed E-state index contributed by atoms with van der Waals surface area (Å²) in [7, 11) is -2.52. The number of sulfonamides is 1. The fourth-order valence-corrected chi connectivity index (χ4v) is 5.23. The predicted octanol–water partition coefficient (Wildman–Crippen LogP) is 4.47. The average Bonchev–Trinajstić information content (AvgIpc) is 2.68. The van der Waals surface area contributed by atoms with Crippen LogP contribution in [0.15, 0.2) is 76.1 Å². The molecule has 0 saturated carbocycles. The van der Waals surface area contributed by atoms with E-state index in [0.717, 1.165) is 4.31 Å². The van der Waals surface area contributed by atoms with Gasteiger partial charge in [-0.15, -0.1) is 0 Å². The molecule has 0 unspecified atom stereocenters. The molecule has 136 valence electrons. The maximum atomic E-state index is 13.3. The molecule has 1 aliphatic rings. The molecule has 27 heavy (non-hydrogen) atoms. The number of methoxy groups -OCH3 is 1. The van der Waals surface area contributed by atoms with Crippen molar-refractivity contribution in [3.05, 3.63) is 76.8 Å². The topological polar surface area (TPSA) is 63.7 Å². The maximum absolute atomic E-state index is 13.3. The third kappa shape index (κ3) is 2.74. The van der Waals surface area contributed by atoms with Crippen molar-refractivity contribution in [2.45, 2.75) is 4.90 Å². The molecule has 0 radical (unpaired) electrons. The summed E-state index contributed by atoms with van der Waals surface area (Å²) in [5.74, 6) is -0.0421. The van der Waals surface area contributed by atoms with E-state index in [-0.39, 0.29) is 10.5 Å². The van der Waals surface area contributed by atoms with Crippen LogP contribution in [0.4, 0.5) is 5.69 Å². The number of ether oxygens (including phenoxy) is 1. The number of rotatable bonds is 2. The Morgan fingerprint density at radius 2 is 1.67 bits per heavy atom. The van der Waals surface area contributed by atoms with Crippen molar-refractivity contribution < 1.29 is 17.9 Å². The van der Waals surface area contributed by atoms with E-state index in [4.69, 9.17) is 4.74 Å². The van der Waals surface area contributed by atoms with Crippen LogP contribution in [0.3, 0.4) is 0 Å². The molecule has 0 atom stereocenters. The number of hydrogen-bond acceptors (Lipinski definition) is 4. The van der Waals surface area contributed by atoms with Gasteiger partial charge in [0.25, 0.3) is 15.9 Å². The first-order valence-corrected chi connectivity index (χ1v) is 10.3. The van der Waals surface area contributed by atoms with Crippen LogP contribution in [-0.4, -0.2) is 21.4 Å². The lowest BCUT2D eigenvalue weighted by Crippen LogP contribution is -2.39. The van der Waals surface area contributed by atoms with Gasteiger partial charge >= 0.3 is 0 Å². The highest BCUT2D eigenvalue weighted by molar-refractivity contribution is 9.10. The number of nitrogens with zero attached hydrogens (tertiary/aromatic N) is 1. The minimum absolute atomic E-state index is 0.0890. The van der Waals surface area contributed by atoms with Gasteiger partial charge in [-0.1, -0.05) is 30.3 Å². The Balaban J connectivity index is 2.01. The van der Waals surface area contributed by atoms with Gasteiger partial charge in [-0.25, -0.2) is 8.42 Å². The van der Waals surface area contributed by atoms with Gasteiger partial charge < -0.3 is 4.74 Å². The van der Waals surface area contributed by atoms with Crippen molar-refractivity contribution in [2.24, 2.45) is 0 Å². The molecule has 0 bridgehead atoms. The van der Waals surface area contributed by atoms with Gasteiger partial charge in [-0.05, 0) is 52.3 Å². The van der Waals surface area contributed by atoms with Crippen molar-refractivity contribution in [3.63, 3.8) is 0 Å². The summed E-state index contributed by atoms with van der Waals surface area (Å²) in [6.45, 7) is 0. The quantitative estimate of drug-likeness (QED) is 0.585. The lowest BCUT2D eigenvalue weighted by molar-refractivity contribution is 0.100. The largest absolute Gasteiger partial charge is 0.497 e. The summed E-state index contributed by atoms with van der Waals surface area (Å²) in [4.78, 5) is 13.3. The summed E-state index contributed by atoms with van der Waals surface area (Å²) in [6, 6.07) is 18.4. The van der Waals surface area contributed by atoms with Crippen LogP contribution < -0.4 is 9.04 Å². The van der Waals surface area contributed by atoms with E-state index in [1.54, 1.807) is 60.7 Å². The zero-order valence-electron chi connectivity index (χ0n) is 14.2. The highest BCUT2D eigenvalue weighted by Crippen LogP contribution is 2.45. The molecule has 0 spiro atoms. The van der Waals surface area contributed by atoms with Gasteiger partial charge in [-0.2, -0.15) is 4.31 Å². The number of carbonyl (C=O) groups excluding carboxylic acids is 1. The molecule has 0 N–H and O–H groups in total. The van der Waals surface area contributed by atoms with Crippen LogP contribution in [0.1, 0.15) is 10.4 Å². The van der Waals surface area contributed by atoms with Crippen LogP contribution >= 0.6 is 15.9 Å². The van der Waals surface area contributed by atoms with Gasteiger partial charge in [0, 0.05) is 15.6 Å². The maximum Gasteiger partial charge on any atom is 0.273 e. The molecule has 4 rings (SSSR count). The first-order valence-electron chi connectivity index (χ1n) is 8.07. The normalized spacial score (nSPS) is 14.2. The first-order chi connectivity index (χ1) is 12.9. The van der Waals surface area contributed by atoms with Crippen molar-refractivity contribution >= 4 is 37.5 Å². The van der Waals surface area contributed by atoms with E-state index >= 15 is 0 Å². The van der Waals surface area contributed by atoms with E-state index in [2.05, 4.69) is 15.9 Å². The lowest BCUT2D eigenvalue weighted by Gasteiger charge is -2.31. The molecule has 7 heteroatoms. The highest BCUT2D eigenvalue weighted by Gasteiger charge is 2.39. The Morgan fingerprint density at radius 3 is 2.41 bits per heavy atom. The number of hydrogen-bond donors (Lipinski definition) is 0. The second-order valence-electron chi connectivity index (χ2n) is 5.93. The number of carbonyl (C=O) groups is 1. The molecule has 3 aromatic carbocycles. The molecule has 0 aromatic heterocycles. The number of benzene rings is 3. The molecular formula is C20H14BrNO4S. The molecule has 0 aliphatic carbocycles. The molecule has 0 fully saturated rings. The van der Waals surface area contributed by atoms with Gasteiger partial charge in [0.1, 0.15) is 5.75 Å². The SMILES string of the molecule is COc1ccc2c(c1)-c1ccccc1S(=O)(=O)N2C(=O)c1ccccc1Br. The summed E-state index contributed by atoms with van der Waals surface area (Å²) < 4.78 is 33.3. The smallest absolute Gasteiger partial charge is 0.273 e. The third-order valence-corrected chi connectivity index (χ3v) is 6.85. The minimum Gasteiger partial charge on any atom is -0.497 e. The summed E-state index contributed by atoms with van der Waals surface area (Å²) in [5.41, 5.74) is 1.74. The Kier molecular flexibility index (Phi) is 4.28. The van der Waals surface area contributed by atoms with Crippen molar-refractivity contribution in [1.82, 2.24) is 0 Å². The van der Waals surface area contributed by atoms with Crippen LogP contribution in [0.25, 0.3) is 11.1 Å². The Labute approximate surface area is 165 Å². The van der Waals surface area contributed by atoms with E-state index in [0.29, 0.717) is 27.0 Å². The summed E-state index contributed by atoms with van der Waals surface area (Å²) in [6.07, 6.45) is 0. The standard InChI is InChI=1S/C20H14BrNO4S/c1-26-13-10-11-18-16(12-13)14-6-3-5-9-19(14)27(24,25)22(18)20(23)15-7-2-4-8-17(15)21/h2-12H,1H3. The Morgan fingerprint density at radius 1 is 0.963 bits per heavy atom. The number of halogens is 1. The highest BCUT2D eigenvalue weighted by atomic mass is 79.9. The Hall–Kier alpha value is -2.64.